The first kappa shape index (κ1) is 33.1. The number of fused-ring (bicyclic) bond motifs is 4. The van der Waals surface area contributed by atoms with Crippen molar-refractivity contribution in [1.29, 1.82) is 0 Å². The van der Waals surface area contributed by atoms with Crippen LogP contribution >= 0.6 is 0 Å². The average molecular weight is 763 g/mol. The highest BCUT2D eigenvalue weighted by atomic mass is 32.2. The van der Waals surface area contributed by atoms with Gasteiger partial charge in [0.2, 0.25) is 9.84 Å². The first-order valence-electron chi connectivity index (χ1n) is 20.0. The number of sulfone groups is 1. The van der Waals surface area contributed by atoms with Gasteiger partial charge in [-0.3, -0.25) is 0 Å². The number of rotatable bonds is 4. The van der Waals surface area contributed by atoms with E-state index in [-0.39, 0.29) is 5.41 Å². The quantitative estimate of drug-likeness (QED) is 0.176. The lowest BCUT2D eigenvalue weighted by Crippen LogP contribution is -2.57. The maximum absolute atomic E-state index is 14.5. The summed E-state index contributed by atoms with van der Waals surface area (Å²) in [5.41, 5.74) is 7.02. The second kappa shape index (κ2) is 12.2. The molecule has 1 aromatic heterocycles. The first-order chi connectivity index (χ1) is 27.9. The largest absolute Gasteiger partial charge is 0.453 e. The van der Waals surface area contributed by atoms with Gasteiger partial charge in [0.1, 0.15) is 0 Å². The van der Waals surface area contributed by atoms with Crippen LogP contribution in [0, 0.1) is 23.7 Å². The fourth-order valence-electron chi connectivity index (χ4n) is 11.4. The maximum Gasteiger partial charge on any atom is 0.207 e. The van der Waals surface area contributed by atoms with Gasteiger partial charge in [-0.1, -0.05) is 72.8 Å². The molecule has 8 heteroatoms. The van der Waals surface area contributed by atoms with Crippen LogP contribution in [0.3, 0.4) is 0 Å². The number of hydrogen-bond donors (Lipinski definition) is 0. The molecule has 0 atom stereocenters. The molecule has 3 heterocycles. The zero-order chi connectivity index (χ0) is 37.9. The highest BCUT2D eigenvalue weighted by Crippen LogP contribution is 2.68. The zero-order valence-corrected chi connectivity index (χ0v) is 31.9. The van der Waals surface area contributed by atoms with Crippen LogP contribution in [0.4, 0.5) is 17.1 Å². The van der Waals surface area contributed by atoms with Gasteiger partial charge >= 0.3 is 0 Å². The van der Waals surface area contributed by atoms with E-state index >= 15 is 0 Å². The number of ether oxygens (including phenoxy) is 1. The molecule has 4 fully saturated rings. The van der Waals surface area contributed by atoms with Crippen molar-refractivity contribution in [3.05, 3.63) is 157 Å². The van der Waals surface area contributed by atoms with E-state index in [1.807, 2.05) is 97.1 Å². The Labute approximate surface area is 332 Å². The molecule has 0 saturated heterocycles. The van der Waals surface area contributed by atoms with Gasteiger partial charge in [-0.2, -0.15) is 0 Å². The molecule has 0 radical (unpaired) electrons. The summed E-state index contributed by atoms with van der Waals surface area (Å²) in [5, 5.41) is 0. The fraction of sp³-hybridized carbons (Fsp3) is 0.204. The third kappa shape index (κ3) is 4.83. The van der Waals surface area contributed by atoms with Crippen LogP contribution in [0.5, 0.6) is 11.5 Å². The van der Waals surface area contributed by atoms with Gasteiger partial charge in [0.15, 0.2) is 29.0 Å². The molecule has 278 valence electrons. The molecule has 0 unspecified atom stereocenters. The Balaban J connectivity index is 1.01. The highest BCUT2D eigenvalue weighted by Gasteiger charge is 2.62. The Morgan fingerprint density at radius 2 is 1.02 bits per heavy atom. The molecule has 1 spiro atoms. The summed E-state index contributed by atoms with van der Waals surface area (Å²) < 4.78 is 35.2. The van der Waals surface area contributed by atoms with E-state index in [0.717, 1.165) is 93.9 Å². The van der Waals surface area contributed by atoms with Crippen molar-refractivity contribution in [1.82, 2.24) is 15.0 Å². The van der Waals surface area contributed by atoms with Gasteiger partial charge in [0, 0.05) is 27.8 Å². The Morgan fingerprint density at radius 3 is 1.67 bits per heavy atom. The van der Waals surface area contributed by atoms with Crippen molar-refractivity contribution < 1.29 is 13.2 Å². The normalized spacial score (nSPS) is 24.2. The highest BCUT2D eigenvalue weighted by molar-refractivity contribution is 7.91. The maximum atomic E-state index is 14.5. The standard InChI is InChI=1S/C49H38N4O3S/c54-57(55)44-17-9-4-12-38(44)49(35-25-30-24-31(27-35)28-36(49)26-30)39-29-34(20-23-45(39)57)48-51-46(32-10-2-1-3-11-32)50-47(52-48)33-18-21-37(22-19-33)53-40-13-5-7-15-42(40)56-43-16-8-6-14-41(43)53/h1-23,29-31,35-36H,24-28H2. The number of benzene rings is 6. The van der Waals surface area contributed by atoms with Crippen LogP contribution in [0.25, 0.3) is 34.2 Å². The second-order valence-electron chi connectivity index (χ2n) is 16.5. The molecule has 0 N–H and O–H groups in total. The van der Waals surface area contributed by atoms with Crippen LogP contribution in [0.2, 0.25) is 0 Å². The summed E-state index contributed by atoms with van der Waals surface area (Å²) in [6.45, 7) is 0. The number of anilines is 3. The number of aromatic nitrogens is 3. The predicted molar refractivity (Wildman–Crippen MR) is 221 cm³/mol. The van der Waals surface area contributed by atoms with E-state index < -0.39 is 9.84 Å². The minimum absolute atomic E-state index is 0.356. The molecule has 6 aliphatic rings. The summed E-state index contributed by atoms with van der Waals surface area (Å²) in [6, 6.07) is 48.2. The lowest BCUT2D eigenvalue weighted by molar-refractivity contribution is -0.0446. The van der Waals surface area contributed by atoms with Crippen molar-refractivity contribution in [2.45, 2.75) is 47.3 Å². The van der Waals surface area contributed by atoms with Gasteiger partial charge < -0.3 is 9.64 Å². The minimum Gasteiger partial charge on any atom is -0.453 e. The van der Waals surface area contributed by atoms with Gasteiger partial charge in [0.25, 0.3) is 0 Å². The van der Waals surface area contributed by atoms with E-state index in [0.29, 0.717) is 39.1 Å². The van der Waals surface area contributed by atoms with Crippen molar-refractivity contribution >= 4 is 26.9 Å². The molecule has 7 aromatic rings. The topological polar surface area (TPSA) is 85.3 Å². The molecule has 4 aliphatic carbocycles. The van der Waals surface area contributed by atoms with Crippen LogP contribution in [0.15, 0.2) is 155 Å². The van der Waals surface area contributed by atoms with Crippen molar-refractivity contribution in [3.8, 4) is 45.7 Å². The van der Waals surface area contributed by atoms with Crippen molar-refractivity contribution in [2.24, 2.45) is 23.7 Å². The zero-order valence-electron chi connectivity index (χ0n) is 31.1. The average Bonchev–Trinajstić information content (AvgIpc) is 3.25. The summed E-state index contributed by atoms with van der Waals surface area (Å²) in [5.74, 6) is 5.50. The lowest BCUT2D eigenvalue weighted by Gasteiger charge is -2.63. The molecule has 13 rings (SSSR count). The van der Waals surface area contributed by atoms with Gasteiger partial charge in [0.05, 0.1) is 21.2 Å². The van der Waals surface area contributed by atoms with E-state index in [9.17, 15) is 8.42 Å². The molecule has 7 nitrogen and oxygen atoms in total. The molecular weight excluding hydrogens is 725 g/mol. The van der Waals surface area contributed by atoms with E-state index in [1.165, 1.54) is 6.42 Å². The molecular formula is C49H38N4O3S. The van der Waals surface area contributed by atoms with Crippen LogP contribution in [0.1, 0.15) is 43.2 Å². The number of nitrogens with zero attached hydrogens (tertiary/aromatic N) is 4. The second-order valence-corrected chi connectivity index (χ2v) is 18.4. The Kier molecular flexibility index (Phi) is 7.07. The van der Waals surface area contributed by atoms with Crippen LogP contribution in [-0.2, 0) is 15.3 Å². The molecule has 4 bridgehead atoms. The number of para-hydroxylation sites is 4. The first-order valence-corrected chi connectivity index (χ1v) is 21.5. The lowest BCUT2D eigenvalue weighted by atomic mass is 9.42. The van der Waals surface area contributed by atoms with Crippen LogP contribution < -0.4 is 9.64 Å². The number of hydrogen-bond acceptors (Lipinski definition) is 7. The SMILES string of the molecule is O=S1(=O)c2ccccc2C2(c3cc(-c4nc(-c5ccccc5)nc(-c5ccc(N6c7ccccc7Oc7ccccc76)cc5)n4)ccc31)C1CC3CC(C1)CC2C3. The van der Waals surface area contributed by atoms with Crippen molar-refractivity contribution in [3.63, 3.8) is 0 Å². The summed E-state index contributed by atoms with van der Waals surface area (Å²) in [6.07, 6.45) is 5.92. The predicted octanol–water partition coefficient (Wildman–Crippen LogP) is 11.3. The van der Waals surface area contributed by atoms with E-state index in [4.69, 9.17) is 19.7 Å². The molecule has 6 aromatic carbocycles. The Bertz CT molecular complexity index is 2800. The Hall–Kier alpha value is -6.12. The van der Waals surface area contributed by atoms with Gasteiger partial charge in [-0.05, 0) is 140 Å². The molecule has 57 heavy (non-hydrogen) atoms. The minimum atomic E-state index is -3.73. The summed E-state index contributed by atoms with van der Waals surface area (Å²) in [4.78, 5) is 18.4. The Morgan fingerprint density at radius 1 is 0.509 bits per heavy atom. The summed E-state index contributed by atoms with van der Waals surface area (Å²) in [7, 11) is -3.73. The van der Waals surface area contributed by atoms with Gasteiger partial charge in [-0.15, -0.1) is 0 Å². The van der Waals surface area contributed by atoms with Crippen LogP contribution in [-0.4, -0.2) is 23.4 Å². The van der Waals surface area contributed by atoms with Crippen molar-refractivity contribution in [2.75, 3.05) is 4.90 Å². The molecule has 2 aliphatic heterocycles. The summed E-state index contributed by atoms with van der Waals surface area (Å²) >= 11 is 0. The van der Waals surface area contributed by atoms with E-state index in [1.54, 1.807) is 0 Å². The van der Waals surface area contributed by atoms with Gasteiger partial charge in [-0.25, -0.2) is 23.4 Å². The smallest absolute Gasteiger partial charge is 0.207 e. The third-order valence-electron chi connectivity index (χ3n) is 13.5. The third-order valence-corrected chi connectivity index (χ3v) is 15.4. The monoisotopic (exact) mass is 762 g/mol. The molecule has 0 amide bonds. The fourth-order valence-corrected chi connectivity index (χ4v) is 13.2. The van der Waals surface area contributed by atoms with E-state index in [2.05, 4.69) is 53.4 Å². The molecule has 4 saturated carbocycles.